The van der Waals surface area contributed by atoms with E-state index in [2.05, 4.69) is 26.9 Å². The standard InChI is InChI=1S/C26H26ClN5O2S/c1-16(2)18-4-5-19(22(27)11-18)13-32-23-6-3-17(9-20(23)12-29-32)10-24-25(34)30-26(35-24)31-8-7-28-21(14-31)15-33/h3-6,9-12,21,28,33H,1,7-8,13-15H2,2H3/t21-/m1/s1. The van der Waals surface area contributed by atoms with E-state index in [1.807, 2.05) is 60.3 Å². The van der Waals surface area contributed by atoms with Gasteiger partial charge in [0.2, 0.25) is 0 Å². The second-order valence-corrected chi connectivity index (χ2v) is 10.2. The van der Waals surface area contributed by atoms with E-state index in [9.17, 15) is 9.90 Å². The lowest BCUT2D eigenvalue weighted by molar-refractivity contribution is -0.113. The molecule has 1 amide bonds. The van der Waals surface area contributed by atoms with Crippen molar-refractivity contribution >= 4 is 57.0 Å². The molecule has 9 heteroatoms. The summed E-state index contributed by atoms with van der Waals surface area (Å²) < 4.78 is 1.92. The number of aromatic nitrogens is 2. The van der Waals surface area contributed by atoms with Crippen LogP contribution in [0.4, 0.5) is 0 Å². The Balaban J connectivity index is 1.32. The van der Waals surface area contributed by atoms with Crippen molar-refractivity contribution in [2.45, 2.75) is 19.5 Å². The number of carbonyl (C=O) groups excluding carboxylic acids is 1. The van der Waals surface area contributed by atoms with Gasteiger partial charge in [0.15, 0.2) is 5.17 Å². The fraction of sp³-hybridized carbons (Fsp3) is 0.269. The van der Waals surface area contributed by atoms with Gasteiger partial charge in [0.1, 0.15) is 0 Å². The van der Waals surface area contributed by atoms with Crippen LogP contribution >= 0.6 is 23.4 Å². The Kier molecular flexibility index (Phi) is 6.80. The highest BCUT2D eigenvalue weighted by atomic mass is 35.5. The number of hydrogen-bond acceptors (Lipinski definition) is 6. The zero-order valence-electron chi connectivity index (χ0n) is 19.4. The van der Waals surface area contributed by atoms with Crippen LogP contribution in [0.15, 0.2) is 59.1 Å². The molecular weight excluding hydrogens is 482 g/mol. The van der Waals surface area contributed by atoms with Gasteiger partial charge in [-0.1, -0.05) is 42.0 Å². The van der Waals surface area contributed by atoms with Gasteiger partial charge in [-0.05, 0) is 59.7 Å². The van der Waals surface area contributed by atoms with E-state index in [0.717, 1.165) is 46.3 Å². The van der Waals surface area contributed by atoms with E-state index in [-0.39, 0.29) is 18.6 Å². The van der Waals surface area contributed by atoms with Crippen molar-refractivity contribution in [1.29, 1.82) is 0 Å². The Bertz CT molecular complexity index is 1380. The summed E-state index contributed by atoms with van der Waals surface area (Å²) in [4.78, 5) is 19.5. The number of aliphatic hydroxyl groups excluding tert-OH is 1. The number of nitrogens with one attached hydrogen (secondary N) is 1. The van der Waals surface area contributed by atoms with Crippen LogP contribution in [0.5, 0.6) is 0 Å². The first kappa shape index (κ1) is 23.8. The minimum atomic E-state index is -0.229. The van der Waals surface area contributed by atoms with E-state index in [0.29, 0.717) is 28.2 Å². The number of halogens is 1. The van der Waals surface area contributed by atoms with Gasteiger partial charge in [-0.25, -0.2) is 0 Å². The summed E-state index contributed by atoms with van der Waals surface area (Å²) in [5.74, 6) is -0.229. The van der Waals surface area contributed by atoms with Gasteiger partial charge in [0, 0.05) is 36.1 Å². The highest BCUT2D eigenvalue weighted by Gasteiger charge is 2.29. The molecule has 1 saturated heterocycles. The Morgan fingerprint density at radius 2 is 2.20 bits per heavy atom. The topological polar surface area (TPSA) is 82.8 Å². The van der Waals surface area contributed by atoms with Crippen LogP contribution < -0.4 is 5.32 Å². The lowest BCUT2D eigenvalue weighted by Crippen LogP contribution is -2.53. The third-order valence-corrected chi connectivity index (χ3v) is 7.58. The van der Waals surface area contributed by atoms with Crippen molar-refractivity contribution in [2.24, 2.45) is 4.99 Å². The molecule has 2 aliphatic heterocycles. The largest absolute Gasteiger partial charge is 0.395 e. The number of benzene rings is 2. The van der Waals surface area contributed by atoms with Crippen LogP contribution in [-0.4, -0.2) is 63.1 Å². The number of amides is 1. The van der Waals surface area contributed by atoms with Crippen LogP contribution in [0.1, 0.15) is 23.6 Å². The maximum atomic E-state index is 12.5. The molecule has 0 saturated carbocycles. The summed E-state index contributed by atoms with van der Waals surface area (Å²) in [5, 5.41) is 19.6. The SMILES string of the molecule is C=C(C)c1ccc(Cn2ncc3cc(C=C4SC(N5CCN[C@@H](CO)C5)=NC4=O)ccc32)c(Cl)c1. The number of piperazine rings is 1. The molecule has 35 heavy (non-hydrogen) atoms. The summed E-state index contributed by atoms with van der Waals surface area (Å²) in [7, 11) is 0. The summed E-state index contributed by atoms with van der Waals surface area (Å²) in [5.41, 5.74) is 4.90. The van der Waals surface area contributed by atoms with E-state index >= 15 is 0 Å². The van der Waals surface area contributed by atoms with Crippen LogP contribution in [0.25, 0.3) is 22.6 Å². The number of hydrogen-bond donors (Lipinski definition) is 2. The number of carbonyl (C=O) groups is 1. The first-order valence-corrected chi connectivity index (χ1v) is 12.6. The van der Waals surface area contributed by atoms with Crippen LogP contribution in [0.2, 0.25) is 5.02 Å². The second kappa shape index (κ2) is 9.99. The summed E-state index contributed by atoms with van der Waals surface area (Å²) in [6, 6.07) is 12.0. The number of aliphatic hydroxyl groups is 1. The van der Waals surface area contributed by atoms with Crippen LogP contribution in [0, 0.1) is 0 Å². The normalized spacial score (nSPS) is 19.6. The molecule has 2 aromatic carbocycles. The minimum Gasteiger partial charge on any atom is -0.395 e. The van der Waals surface area contributed by atoms with Gasteiger partial charge in [0.05, 0.1) is 29.8 Å². The van der Waals surface area contributed by atoms with Crippen molar-refractivity contribution in [1.82, 2.24) is 20.0 Å². The third kappa shape index (κ3) is 5.06. The molecular formula is C26H26ClN5O2S. The highest BCUT2D eigenvalue weighted by molar-refractivity contribution is 8.18. The zero-order valence-corrected chi connectivity index (χ0v) is 20.9. The fourth-order valence-electron chi connectivity index (χ4n) is 4.23. The lowest BCUT2D eigenvalue weighted by Gasteiger charge is -2.33. The van der Waals surface area contributed by atoms with Gasteiger partial charge >= 0.3 is 0 Å². The quantitative estimate of drug-likeness (QED) is 0.508. The smallest absolute Gasteiger partial charge is 0.286 e. The Morgan fingerprint density at radius 1 is 1.34 bits per heavy atom. The number of nitrogens with zero attached hydrogens (tertiary/aromatic N) is 4. The molecule has 0 spiro atoms. The lowest BCUT2D eigenvalue weighted by atomic mass is 10.1. The molecule has 0 unspecified atom stereocenters. The number of fused-ring (bicyclic) bond motifs is 1. The molecule has 180 valence electrons. The molecule has 1 fully saturated rings. The van der Waals surface area contributed by atoms with E-state index < -0.39 is 0 Å². The van der Waals surface area contributed by atoms with Crippen molar-refractivity contribution < 1.29 is 9.90 Å². The van der Waals surface area contributed by atoms with Crippen molar-refractivity contribution in [3.8, 4) is 0 Å². The molecule has 2 aliphatic rings. The number of thioether (sulfide) groups is 1. The van der Waals surface area contributed by atoms with E-state index in [1.54, 1.807) is 0 Å². The van der Waals surface area contributed by atoms with Gasteiger partial charge in [0.25, 0.3) is 5.91 Å². The van der Waals surface area contributed by atoms with E-state index in [4.69, 9.17) is 11.6 Å². The third-order valence-electron chi connectivity index (χ3n) is 6.19. The zero-order chi connectivity index (χ0) is 24.5. The average molecular weight is 508 g/mol. The molecule has 2 N–H and O–H groups in total. The van der Waals surface area contributed by atoms with Gasteiger partial charge in [-0.2, -0.15) is 10.1 Å². The van der Waals surface area contributed by atoms with Crippen molar-refractivity contribution in [3.63, 3.8) is 0 Å². The molecule has 7 nitrogen and oxygen atoms in total. The van der Waals surface area contributed by atoms with E-state index in [1.165, 1.54) is 11.8 Å². The molecule has 1 aromatic heterocycles. The number of allylic oxidation sites excluding steroid dienone is 1. The predicted octanol–water partition coefficient (Wildman–Crippen LogP) is 4.01. The molecule has 0 aliphatic carbocycles. The first-order valence-electron chi connectivity index (χ1n) is 11.4. The molecule has 0 bridgehead atoms. The Morgan fingerprint density at radius 3 is 2.97 bits per heavy atom. The van der Waals surface area contributed by atoms with Crippen molar-refractivity contribution in [2.75, 3.05) is 26.2 Å². The molecule has 1 atom stereocenters. The van der Waals surface area contributed by atoms with Crippen molar-refractivity contribution in [3.05, 3.63) is 75.8 Å². The Labute approximate surface area is 213 Å². The molecule has 3 heterocycles. The number of aliphatic imine (C=N–C) groups is 1. The maximum absolute atomic E-state index is 12.5. The number of rotatable bonds is 5. The molecule has 3 aromatic rings. The average Bonchev–Trinajstić information content (AvgIpc) is 3.43. The minimum absolute atomic E-state index is 0.00644. The summed E-state index contributed by atoms with van der Waals surface area (Å²) in [6.45, 7) is 8.69. The highest BCUT2D eigenvalue weighted by Crippen LogP contribution is 2.31. The molecule has 0 radical (unpaired) electrons. The predicted molar refractivity (Wildman–Crippen MR) is 143 cm³/mol. The monoisotopic (exact) mass is 507 g/mol. The fourth-order valence-corrected chi connectivity index (χ4v) is 5.42. The van der Waals surface area contributed by atoms with Crippen LogP contribution in [0.3, 0.4) is 0 Å². The van der Waals surface area contributed by atoms with Crippen LogP contribution in [-0.2, 0) is 11.3 Å². The summed E-state index contributed by atoms with van der Waals surface area (Å²) >= 11 is 7.89. The second-order valence-electron chi connectivity index (χ2n) is 8.80. The van der Waals surface area contributed by atoms with Gasteiger partial charge in [-0.15, -0.1) is 0 Å². The summed E-state index contributed by atoms with van der Waals surface area (Å²) in [6.07, 6.45) is 3.70. The van der Waals surface area contributed by atoms with Gasteiger partial charge in [-0.3, -0.25) is 9.48 Å². The Hall–Kier alpha value is -2.91. The molecule has 5 rings (SSSR count). The first-order chi connectivity index (χ1) is 16.9. The van der Waals surface area contributed by atoms with Gasteiger partial charge < -0.3 is 15.3 Å². The number of amidine groups is 1. The maximum Gasteiger partial charge on any atom is 0.286 e.